The summed E-state index contributed by atoms with van der Waals surface area (Å²) < 4.78 is 8.58. The third-order valence-corrected chi connectivity index (χ3v) is 14.2. The standard InChI is InChI=1S/C33H58N2O3/c1-23(36)38-31-28(34(4)16-8-6-9-17-34)21-27-25-13-12-24-20-30(37)29(35(5)18-10-7-11-19-35)22-33(24,3)26(25)14-15-32(27,31)2/h24-31,37H,6-22H2,1-5H3/q+2. The van der Waals surface area contributed by atoms with Crippen LogP contribution >= 0.6 is 0 Å². The molecular weight excluding hydrogens is 472 g/mol. The number of carbonyl (C=O) groups is 1. The molecule has 38 heavy (non-hydrogen) atoms. The number of likely N-dealkylation sites (tertiary alicyclic amines) is 2. The first-order valence-corrected chi connectivity index (χ1v) is 16.5. The van der Waals surface area contributed by atoms with E-state index in [4.69, 9.17) is 4.74 Å². The minimum atomic E-state index is -0.130. The van der Waals surface area contributed by atoms with Crippen molar-refractivity contribution in [2.24, 2.45) is 34.5 Å². The zero-order chi connectivity index (χ0) is 26.9. The van der Waals surface area contributed by atoms with E-state index in [2.05, 4.69) is 27.9 Å². The number of likely N-dealkylation sites (N-methyl/N-ethyl adjacent to an activating group) is 2. The van der Waals surface area contributed by atoms with Gasteiger partial charge in [0.1, 0.15) is 18.2 Å². The van der Waals surface area contributed by atoms with Gasteiger partial charge < -0.3 is 18.8 Å². The van der Waals surface area contributed by atoms with Crippen LogP contribution in [0.2, 0.25) is 0 Å². The van der Waals surface area contributed by atoms with Crippen LogP contribution in [0, 0.1) is 34.5 Å². The van der Waals surface area contributed by atoms with Crippen LogP contribution in [-0.4, -0.2) is 84.6 Å². The summed E-state index contributed by atoms with van der Waals surface area (Å²) in [4.78, 5) is 12.5. The van der Waals surface area contributed by atoms with Crippen LogP contribution in [0.25, 0.3) is 0 Å². The lowest BCUT2D eigenvalue weighted by molar-refractivity contribution is -0.943. The molecule has 0 aromatic heterocycles. The van der Waals surface area contributed by atoms with E-state index in [0.29, 0.717) is 29.3 Å². The molecule has 6 fully saturated rings. The van der Waals surface area contributed by atoms with Crippen LogP contribution in [0.1, 0.15) is 104 Å². The number of ether oxygens (including phenoxy) is 1. The lowest BCUT2D eigenvalue weighted by Gasteiger charge is -2.63. The van der Waals surface area contributed by atoms with Gasteiger partial charge in [-0.3, -0.25) is 4.79 Å². The van der Waals surface area contributed by atoms with Gasteiger partial charge in [-0.15, -0.1) is 0 Å². The highest BCUT2D eigenvalue weighted by Crippen LogP contribution is 2.67. The van der Waals surface area contributed by atoms with E-state index >= 15 is 0 Å². The molecule has 5 heteroatoms. The summed E-state index contributed by atoms with van der Waals surface area (Å²) in [5.74, 6) is 2.76. The highest BCUT2D eigenvalue weighted by atomic mass is 16.5. The van der Waals surface area contributed by atoms with Crippen molar-refractivity contribution in [2.75, 3.05) is 40.3 Å². The number of aliphatic hydroxyl groups is 1. The summed E-state index contributed by atoms with van der Waals surface area (Å²) in [7, 11) is 4.94. The summed E-state index contributed by atoms with van der Waals surface area (Å²) in [5.41, 5.74) is 0.448. The molecule has 4 aliphatic carbocycles. The zero-order valence-corrected chi connectivity index (χ0v) is 25.3. The minimum absolute atomic E-state index is 0.0679. The molecule has 216 valence electrons. The molecule has 10 atom stereocenters. The van der Waals surface area contributed by atoms with E-state index in [1.54, 1.807) is 6.92 Å². The normalized spacial score (nSPS) is 49.8. The Morgan fingerprint density at radius 1 is 0.789 bits per heavy atom. The lowest BCUT2D eigenvalue weighted by Crippen LogP contribution is -2.66. The lowest BCUT2D eigenvalue weighted by atomic mass is 9.44. The number of hydrogen-bond donors (Lipinski definition) is 1. The summed E-state index contributed by atoms with van der Waals surface area (Å²) in [6.45, 7) is 11.8. The number of piperidine rings is 2. The predicted molar refractivity (Wildman–Crippen MR) is 151 cm³/mol. The van der Waals surface area contributed by atoms with Crippen molar-refractivity contribution < 1.29 is 23.6 Å². The van der Waals surface area contributed by atoms with Crippen molar-refractivity contribution in [2.45, 2.75) is 129 Å². The Balaban J connectivity index is 1.30. The fourth-order valence-corrected chi connectivity index (χ4v) is 12.0. The molecule has 5 nitrogen and oxygen atoms in total. The average molecular weight is 531 g/mol. The van der Waals surface area contributed by atoms with Crippen LogP contribution in [0.4, 0.5) is 0 Å². The van der Waals surface area contributed by atoms with Gasteiger partial charge >= 0.3 is 5.97 Å². The molecule has 0 bridgehead atoms. The van der Waals surface area contributed by atoms with Crippen molar-refractivity contribution in [3.8, 4) is 0 Å². The molecule has 2 aliphatic heterocycles. The molecular formula is C33H58N2O3+2. The molecule has 6 rings (SSSR count). The monoisotopic (exact) mass is 530 g/mol. The highest BCUT2D eigenvalue weighted by molar-refractivity contribution is 5.66. The number of quaternary nitrogens is 2. The van der Waals surface area contributed by atoms with Gasteiger partial charge in [0, 0.05) is 25.2 Å². The second-order valence-electron chi connectivity index (χ2n) is 16.1. The molecule has 10 unspecified atom stereocenters. The summed E-state index contributed by atoms with van der Waals surface area (Å²) in [5, 5.41) is 11.5. The first-order chi connectivity index (χ1) is 18.0. The summed E-state index contributed by atoms with van der Waals surface area (Å²) in [6, 6.07) is 0.865. The van der Waals surface area contributed by atoms with Gasteiger partial charge in [-0.05, 0) is 99.7 Å². The minimum Gasteiger partial charge on any atom is -0.456 e. The van der Waals surface area contributed by atoms with Crippen molar-refractivity contribution >= 4 is 5.97 Å². The van der Waals surface area contributed by atoms with Gasteiger partial charge in [0.05, 0.1) is 40.3 Å². The number of rotatable bonds is 3. The Morgan fingerprint density at radius 2 is 1.39 bits per heavy atom. The number of aliphatic hydroxyl groups excluding tert-OH is 1. The van der Waals surface area contributed by atoms with Crippen molar-refractivity contribution in [1.29, 1.82) is 0 Å². The maximum Gasteiger partial charge on any atom is 0.303 e. The molecule has 0 aromatic rings. The van der Waals surface area contributed by atoms with E-state index in [1.165, 1.54) is 103 Å². The smallest absolute Gasteiger partial charge is 0.303 e. The first-order valence-electron chi connectivity index (χ1n) is 16.5. The van der Waals surface area contributed by atoms with E-state index in [9.17, 15) is 9.90 Å². The van der Waals surface area contributed by atoms with Gasteiger partial charge in [-0.2, -0.15) is 0 Å². The fourth-order valence-electron chi connectivity index (χ4n) is 12.0. The average Bonchev–Trinajstić information content (AvgIpc) is 3.17. The number of fused-ring (bicyclic) bond motifs is 5. The molecule has 1 N–H and O–H groups in total. The molecule has 6 aliphatic rings. The Bertz CT molecular complexity index is 895. The van der Waals surface area contributed by atoms with Crippen LogP contribution in [0.3, 0.4) is 0 Å². The molecule has 4 saturated carbocycles. The number of nitrogens with zero attached hydrogens (tertiary/aromatic N) is 2. The SMILES string of the molecule is CC(=O)OC1C([N+]2(C)CCCCC2)CC2C3CCC4CC(O)C([N+]5(C)CCCCC5)CC4(C)C3CCC21C. The van der Waals surface area contributed by atoms with Gasteiger partial charge in [0.2, 0.25) is 0 Å². The molecule has 0 amide bonds. The molecule has 0 aromatic carbocycles. The molecule has 2 heterocycles. The van der Waals surface area contributed by atoms with Crippen LogP contribution in [-0.2, 0) is 9.53 Å². The Morgan fingerprint density at radius 3 is 2.00 bits per heavy atom. The van der Waals surface area contributed by atoms with Crippen molar-refractivity contribution in [1.82, 2.24) is 0 Å². The quantitative estimate of drug-likeness (QED) is 0.385. The van der Waals surface area contributed by atoms with Crippen molar-refractivity contribution in [3.05, 3.63) is 0 Å². The van der Waals surface area contributed by atoms with Crippen LogP contribution in [0.5, 0.6) is 0 Å². The van der Waals surface area contributed by atoms with Gasteiger partial charge in [0.25, 0.3) is 0 Å². The second kappa shape index (κ2) is 9.72. The maximum absolute atomic E-state index is 12.5. The Labute approximate surface area is 232 Å². The van der Waals surface area contributed by atoms with Gasteiger partial charge in [-0.25, -0.2) is 0 Å². The number of hydrogen-bond acceptors (Lipinski definition) is 3. The van der Waals surface area contributed by atoms with E-state index in [1.807, 2.05) is 0 Å². The second-order valence-corrected chi connectivity index (χ2v) is 16.1. The molecule has 0 radical (unpaired) electrons. The van der Waals surface area contributed by atoms with E-state index in [-0.39, 0.29) is 23.6 Å². The number of esters is 1. The van der Waals surface area contributed by atoms with E-state index < -0.39 is 0 Å². The van der Waals surface area contributed by atoms with Crippen molar-refractivity contribution in [3.63, 3.8) is 0 Å². The highest BCUT2D eigenvalue weighted by Gasteiger charge is 2.67. The Kier molecular flexibility index (Phi) is 7.04. The number of carbonyl (C=O) groups excluding carboxylic acids is 1. The Hall–Kier alpha value is -0.650. The topological polar surface area (TPSA) is 46.5 Å². The molecule has 2 saturated heterocycles. The maximum atomic E-state index is 12.5. The summed E-state index contributed by atoms with van der Waals surface area (Å²) in [6.07, 6.45) is 16.5. The zero-order valence-electron chi connectivity index (χ0n) is 25.3. The third kappa shape index (κ3) is 4.23. The fraction of sp³-hybridized carbons (Fsp3) is 0.970. The van der Waals surface area contributed by atoms with Crippen LogP contribution < -0.4 is 0 Å². The molecule has 0 spiro atoms. The third-order valence-electron chi connectivity index (χ3n) is 14.2. The van der Waals surface area contributed by atoms with E-state index in [0.717, 1.165) is 27.2 Å². The largest absolute Gasteiger partial charge is 0.456 e. The predicted octanol–water partition coefficient (Wildman–Crippen LogP) is 5.54. The van der Waals surface area contributed by atoms with Gasteiger partial charge in [0.15, 0.2) is 6.10 Å². The first kappa shape index (κ1) is 27.5. The van der Waals surface area contributed by atoms with Gasteiger partial charge in [-0.1, -0.05) is 13.8 Å². The van der Waals surface area contributed by atoms with Crippen LogP contribution in [0.15, 0.2) is 0 Å². The summed E-state index contributed by atoms with van der Waals surface area (Å²) >= 11 is 0.